The average molecular weight is 796 g/mol. The Morgan fingerprint density at radius 1 is 0.500 bits per heavy atom. The zero-order valence-corrected chi connectivity index (χ0v) is 23.3. The molecule has 0 fully saturated rings. The van der Waals surface area contributed by atoms with Gasteiger partial charge in [0.25, 0.3) is 0 Å². The van der Waals surface area contributed by atoms with Crippen molar-refractivity contribution in [1.82, 2.24) is 10.6 Å². The molecule has 0 bridgehead atoms. The maximum Gasteiger partial charge on any atom is 5.00 e. The molecular weight excluding hydrogens is 770 g/mol. The maximum absolute atomic E-state index is 5.27. The molecule has 0 aliphatic heterocycles. The smallest absolute Gasteiger partial charge is 2.00 e. The molecule has 0 aliphatic carbocycles. The molecule has 0 saturated carbocycles. The fourth-order valence-corrected chi connectivity index (χ4v) is 0.631. The molecule has 124 valence electrons. The minimum absolute atomic E-state index is 0. The van der Waals surface area contributed by atoms with E-state index < -0.39 is 0 Å². The molecule has 0 unspecified atom stereocenters. The van der Waals surface area contributed by atoms with Gasteiger partial charge in [0.1, 0.15) is 0 Å². The van der Waals surface area contributed by atoms with Crippen molar-refractivity contribution in [3.8, 4) is 0 Å². The van der Waals surface area contributed by atoms with Crippen molar-refractivity contribution in [2.24, 2.45) is 22.9 Å². The molecule has 0 aromatic carbocycles. The molecule has 6 nitrogen and oxygen atoms in total. The van der Waals surface area contributed by atoms with Crippen molar-refractivity contribution in [2.45, 2.75) is 0 Å². The second-order valence-electron chi connectivity index (χ2n) is 2.65. The van der Waals surface area contributed by atoms with Crippen molar-refractivity contribution in [3.63, 3.8) is 0 Å². The van der Waals surface area contributed by atoms with Gasteiger partial charge in [-0.1, -0.05) is 0 Å². The van der Waals surface area contributed by atoms with Crippen LogP contribution in [0.1, 0.15) is 0 Å². The quantitative estimate of drug-likeness (QED) is 0.108. The predicted octanol–water partition coefficient (Wildman–Crippen LogP) is -4.92. The number of hydrogen-bond acceptors (Lipinski definition) is 6. The number of nitrogens with two attached hydrogens (primary N) is 4. The predicted molar refractivity (Wildman–Crippen MR) is 90.7 cm³/mol. The first-order valence-corrected chi connectivity index (χ1v) is 5.05. The van der Waals surface area contributed by atoms with Crippen molar-refractivity contribution in [3.05, 3.63) is 0 Å². The zero-order chi connectivity index (χ0) is 11.1. The van der Waals surface area contributed by atoms with Crippen molar-refractivity contribution in [2.75, 3.05) is 52.4 Å². The van der Waals surface area contributed by atoms with Gasteiger partial charge < -0.3 is 102 Å². The van der Waals surface area contributed by atoms with Crippen LogP contribution in [0.15, 0.2) is 0 Å². The molecule has 0 heterocycles. The third-order valence-corrected chi connectivity index (χ3v) is 1.29. The fraction of sp³-hybridized carbons (Fsp3) is 1.00. The standard InChI is InChI=1S/C6H18N4.C2H8N2.Eu.Sb.4Se/c7-1-3-9-5-6-10-4-2-8;3-1-2-4;;;;;;/h9-10H,1-8H2;1-4H2;;;;;;/q;;+3;+5;4*-2. The van der Waals surface area contributed by atoms with E-state index in [4.69, 9.17) is 22.9 Å². The van der Waals surface area contributed by atoms with Gasteiger partial charge in [-0.2, -0.15) is 0 Å². The van der Waals surface area contributed by atoms with E-state index in [-0.39, 0.29) is 142 Å². The van der Waals surface area contributed by atoms with Gasteiger partial charge in [-0.15, -0.1) is 0 Å². The number of hydrogen-bond donors (Lipinski definition) is 6. The Hall–Kier alpha value is 4.24. The first kappa shape index (κ1) is 49.6. The van der Waals surface area contributed by atoms with Crippen LogP contribution in [-0.2, 0) is 0 Å². The Kier molecular flexibility index (Phi) is 141. The van der Waals surface area contributed by atoms with E-state index in [1.807, 2.05) is 0 Å². The van der Waals surface area contributed by atoms with Crippen molar-refractivity contribution in [1.29, 1.82) is 0 Å². The largest absolute Gasteiger partial charge is 5.00 e. The molecular formula is C8H26EuN6SbSe4. The summed E-state index contributed by atoms with van der Waals surface area (Å²) in [6.45, 7) is 6.33. The van der Waals surface area contributed by atoms with Crippen LogP contribution in [0.5, 0.6) is 0 Å². The summed E-state index contributed by atoms with van der Waals surface area (Å²) in [7, 11) is 0. The van der Waals surface area contributed by atoms with Gasteiger partial charge in [0.2, 0.25) is 0 Å². The molecule has 0 saturated heterocycles. The van der Waals surface area contributed by atoms with Crippen LogP contribution >= 0.6 is 0 Å². The van der Waals surface area contributed by atoms with E-state index >= 15 is 0 Å². The second-order valence-corrected chi connectivity index (χ2v) is 2.65. The first-order chi connectivity index (χ1) is 6.83. The first-order valence-electron chi connectivity index (χ1n) is 5.05. The topological polar surface area (TPSA) is 128 Å². The van der Waals surface area contributed by atoms with E-state index in [1.54, 1.807) is 0 Å². The molecule has 20 heavy (non-hydrogen) atoms. The molecule has 0 spiro atoms. The summed E-state index contributed by atoms with van der Waals surface area (Å²) in [5, 5.41) is 6.33. The molecule has 0 radical (unpaired) electrons. The molecule has 0 rings (SSSR count). The van der Waals surface area contributed by atoms with E-state index in [2.05, 4.69) is 10.6 Å². The van der Waals surface area contributed by atoms with E-state index in [1.165, 1.54) is 0 Å². The Morgan fingerprint density at radius 3 is 0.900 bits per heavy atom. The van der Waals surface area contributed by atoms with E-state index in [0.717, 1.165) is 26.2 Å². The third kappa shape index (κ3) is 67.0. The molecule has 0 amide bonds. The summed E-state index contributed by atoms with van der Waals surface area (Å²) < 4.78 is 0. The van der Waals surface area contributed by atoms with Gasteiger partial charge in [-0.3, -0.25) is 0 Å². The second kappa shape index (κ2) is 56.7. The number of rotatable bonds is 8. The summed E-state index contributed by atoms with van der Waals surface area (Å²) in [6.07, 6.45) is 0. The maximum atomic E-state index is 5.27. The van der Waals surface area contributed by atoms with Gasteiger partial charge in [0, 0.05) is 52.4 Å². The van der Waals surface area contributed by atoms with Gasteiger partial charge in [-0.05, 0) is 0 Å². The summed E-state index contributed by atoms with van der Waals surface area (Å²) in [5.74, 6) is 0. The average Bonchev–Trinajstić information content (AvgIpc) is 2.24. The van der Waals surface area contributed by atoms with Crippen LogP contribution in [0.2, 0.25) is 0 Å². The zero-order valence-electron chi connectivity index (χ0n) is 11.4. The van der Waals surface area contributed by atoms with Crippen LogP contribution in [0.4, 0.5) is 0 Å². The van der Waals surface area contributed by atoms with Gasteiger partial charge >= 0.3 is 73.8 Å². The van der Waals surface area contributed by atoms with Gasteiger partial charge in [-0.25, -0.2) is 0 Å². The van der Waals surface area contributed by atoms with Crippen LogP contribution in [0.25, 0.3) is 0 Å². The third-order valence-electron chi connectivity index (χ3n) is 1.29. The van der Waals surface area contributed by atoms with Crippen LogP contribution in [-0.4, -0.2) is 145 Å². The van der Waals surface area contributed by atoms with Crippen molar-refractivity contribution >= 4 is 92.7 Å². The van der Waals surface area contributed by atoms with Crippen LogP contribution < -0.4 is 33.6 Å². The fourth-order valence-electron chi connectivity index (χ4n) is 0.631. The molecule has 0 aliphatic rings. The minimum atomic E-state index is 0. The molecule has 12 heteroatoms. The Bertz CT molecular complexity index is 95.4. The summed E-state index contributed by atoms with van der Waals surface area (Å²) in [4.78, 5) is 0. The van der Waals surface area contributed by atoms with Crippen LogP contribution in [0.3, 0.4) is 0 Å². The normalized spacial score (nSPS) is 6.60. The van der Waals surface area contributed by atoms with Crippen molar-refractivity contribution < 1.29 is 49.4 Å². The summed E-state index contributed by atoms with van der Waals surface area (Å²) in [5.41, 5.74) is 20.3. The monoisotopic (exact) mass is 800 g/mol. The van der Waals surface area contributed by atoms with Crippen LogP contribution in [0, 0.1) is 49.4 Å². The molecule has 0 aromatic rings. The van der Waals surface area contributed by atoms with Gasteiger partial charge in [0.05, 0.1) is 0 Å². The Morgan fingerprint density at radius 2 is 0.750 bits per heavy atom. The van der Waals surface area contributed by atoms with E-state index in [9.17, 15) is 0 Å². The summed E-state index contributed by atoms with van der Waals surface area (Å²) in [6, 6.07) is 0. The van der Waals surface area contributed by atoms with E-state index in [0.29, 0.717) is 26.2 Å². The minimum Gasteiger partial charge on any atom is -2.00 e. The molecule has 0 aromatic heterocycles. The Labute approximate surface area is 224 Å². The molecule has 0 atom stereocenters. The van der Waals surface area contributed by atoms with Gasteiger partial charge in [0.15, 0.2) is 0 Å². The summed E-state index contributed by atoms with van der Waals surface area (Å²) >= 11 is 0. The number of nitrogens with one attached hydrogen (secondary N) is 2. The Balaban J connectivity index is -0.0000000217. The molecule has 10 N–H and O–H groups in total. The SMILES string of the molecule is NCCN.NCCNCCNCCN.[Eu+3].[Sb+5].[Se-2].[Se-2].[Se-2].[Se-2].